The molecule has 2 aromatic carbocycles. The molecule has 0 aliphatic rings. The number of carbonyl (C=O) groups is 1. The van der Waals surface area contributed by atoms with Gasteiger partial charge in [-0.3, -0.25) is 0 Å². The van der Waals surface area contributed by atoms with Crippen LogP contribution in [0, 0.1) is 0 Å². The number of nitrogens with two attached hydrogens (primary N) is 2. The summed E-state index contributed by atoms with van der Waals surface area (Å²) in [6.45, 7) is 8.48. The predicted molar refractivity (Wildman–Crippen MR) is 156 cm³/mol. The summed E-state index contributed by atoms with van der Waals surface area (Å²) >= 11 is 0. The summed E-state index contributed by atoms with van der Waals surface area (Å²) in [7, 11) is 0. The van der Waals surface area contributed by atoms with Crippen molar-refractivity contribution in [2.45, 2.75) is 64.4 Å². The Hall–Kier alpha value is -3.23. The molecule has 0 aliphatic heterocycles. The fraction of sp³-hybridized carbons (Fsp3) is 0.516. The van der Waals surface area contributed by atoms with E-state index >= 15 is 0 Å². The van der Waals surface area contributed by atoms with Gasteiger partial charge in [-0.05, 0) is 94.0 Å². The van der Waals surface area contributed by atoms with Crippen LogP contribution in [0.25, 0.3) is 0 Å². The maximum absolute atomic E-state index is 12.0. The number of unbranched alkanes of at least 4 members (excludes halogenated alkanes) is 6. The van der Waals surface area contributed by atoms with Gasteiger partial charge in [0.25, 0.3) is 0 Å². The zero-order valence-corrected chi connectivity index (χ0v) is 23.4. The number of hydrogen-bond donors (Lipinski definition) is 2. The Kier molecular flexibility index (Phi) is 16.2. The first-order chi connectivity index (χ1) is 18.9. The maximum atomic E-state index is 12.0. The topological polar surface area (TPSA) is 115 Å². The van der Waals surface area contributed by atoms with Crippen molar-refractivity contribution in [1.29, 1.82) is 0 Å². The molecule has 0 heterocycles. The summed E-state index contributed by atoms with van der Waals surface area (Å²) in [6, 6.07) is 14.9. The van der Waals surface area contributed by atoms with Crippen molar-refractivity contribution in [3.63, 3.8) is 0 Å². The number of ether oxygens (including phenoxy) is 5. The molecule has 0 aromatic heterocycles. The second-order valence-corrected chi connectivity index (χ2v) is 9.62. The van der Waals surface area contributed by atoms with Gasteiger partial charge in [0.1, 0.15) is 17.6 Å². The summed E-state index contributed by atoms with van der Waals surface area (Å²) in [6.07, 6.45) is 7.59. The minimum atomic E-state index is -0.448. The van der Waals surface area contributed by atoms with Crippen molar-refractivity contribution in [2.24, 2.45) is 0 Å². The molecule has 0 spiro atoms. The average Bonchev–Trinajstić information content (AvgIpc) is 2.92. The van der Waals surface area contributed by atoms with Gasteiger partial charge < -0.3 is 35.2 Å². The maximum Gasteiger partial charge on any atom is 0.333 e. The van der Waals surface area contributed by atoms with E-state index in [1.807, 2.05) is 48.5 Å². The van der Waals surface area contributed by atoms with Gasteiger partial charge in [0.15, 0.2) is 0 Å². The molecule has 0 fully saturated rings. The summed E-state index contributed by atoms with van der Waals surface area (Å²) < 4.78 is 28.5. The molecule has 2 rings (SSSR count). The zero-order valence-electron chi connectivity index (χ0n) is 23.4. The second-order valence-electron chi connectivity index (χ2n) is 9.62. The van der Waals surface area contributed by atoms with Crippen LogP contribution in [0.4, 0.5) is 11.4 Å². The molecule has 0 atom stereocenters. The van der Waals surface area contributed by atoms with Crippen LogP contribution in [0.2, 0.25) is 0 Å². The fourth-order valence-electron chi connectivity index (χ4n) is 3.63. The lowest BCUT2D eigenvalue weighted by Gasteiger charge is -2.18. The molecule has 2 aromatic rings. The Morgan fingerprint density at radius 1 is 0.667 bits per heavy atom. The number of anilines is 2. The number of nitrogen functional groups attached to an aromatic ring is 2. The van der Waals surface area contributed by atoms with Crippen molar-refractivity contribution in [1.82, 2.24) is 0 Å². The van der Waals surface area contributed by atoms with Gasteiger partial charge in [-0.25, -0.2) is 4.79 Å². The fourth-order valence-corrected chi connectivity index (χ4v) is 3.63. The molecule has 8 heteroatoms. The number of benzene rings is 2. The van der Waals surface area contributed by atoms with E-state index in [1.54, 1.807) is 6.92 Å². The van der Waals surface area contributed by atoms with Crippen molar-refractivity contribution >= 4 is 17.3 Å². The predicted octanol–water partition coefficient (Wildman–Crippen LogP) is 5.95. The molecule has 0 saturated heterocycles. The second kappa shape index (κ2) is 19.8. The van der Waals surface area contributed by atoms with Crippen LogP contribution in [0.1, 0.15) is 58.3 Å². The summed E-state index contributed by atoms with van der Waals surface area (Å²) in [5.74, 6) is 1.25. The lowest BCUT2D eigenvalue weighted by molar-refractivity contribution is -0.151. The number of hydrogen-bond acceptors (Lipinski definition) is 8. The monoisotopic (exact) mass is 542 g/mol. The quantitative estimate of drug-likeness (QED) is 0.0812. The van der Waals surface area contributed by atoms with Gasteiger partial charge in [0.05, 0.1) is 26.4 Å². The highest BCUT2D eigenvalue weighted by Gasteiger charge is 2.16. The SMILES string of the molecule is C=C(C)C(=O)OC(COCCCCCCOc1ccc(N)cc1)COCCCCCCOc1ccc(N)cc1. The van der Waals surface area contributed by atoms with Crippen molar-refractivity contribution in [3.8, 4) is 11.5 Å². The molecular weight excluding hydrogens is 496 g/mol. The van der Waals surface area contributed by atoms with Crippen molar-refractivity contribution in [2.75, 3.05) is 51.1 Å². The van der Waals surface area contributed by atoms with Crippen LogP contribution in [-0.2, 0) is 19.0 Å². The molecule has 4 N–H and O–H groups in total. The Balaban J connectivity index is 1.48. The van der Waals surface area contributed by atoms with Gasteiger partial charge >= 0.3 is 5.97 Å². The molecule has 0 saturated carbocycles. The average molecular weight is 543 g/mol. The van der Waals surface area contributed by atoms with Gasteiger partial charge in [-0.15, -0.1) is 0 Å². The van der Waals surface area contributed by atoms with Gasteiger partial charge in [0.2, 0.25) is 0 Å². The first kappa shape index (κ1) is 32.0. The van der Waals surface area contributed by atoms with E-state index in [0.717, 1.165) is 74.2 Å². The van der Waals surface area contributed by atoms with Gasteiger partial charge in [-0.2, -0.15) is 0 Å². The summed E-state index contributed by atoms with van der Waals surface area (Å²) in [5.41, 5.74) is 13.2. The molecule has 0 radical (unpaired) electrons. The molecule has 0 amide bonds. The minimum absolute atomic E-state index is 0.307. The molecule has 39 heavy (non-hydrogen) atoms. The lowest BCUT2D eigenvalue weighted by Crippen LogP contribution is -2.29. The minimum Gasteiger partial charge on any atom is -0.494 e. The highest BCUT2D eigenvalue weighted by Crippen LogP contribution is 2.15. The van der Waals surface area contributed by atoms with E-state index in [2.05, 4.69) is 6.58 Å². The third-order valence-electron chi connectivity index (χ3n) is 5.89. The normalized spacial score (nSPS) is 10.9. The van der Waals surface area contributed by atoms with Crippen LogP contribution < -0.4 is 20.9 Å². The van der Waals surface area contributed by atoms with Crippen molar-refractivity contribution in [3.05, 3.63) is 60.7 Å². The number of carbonyl (C=O) groups excluding carboxylic acids is 1. The van der Waals surface area contributed by atoms with E-state index < -0.39 is 12.1 Å². The van der Waals surface area contributed by atoms with E-state index in [0.29, 0.717) is 45.2 Å². The molecule has 0 unspecified atom stereocenters. The lowest BCUT2D eigenvalue weighted by atomic mass is 10.2. The Bertz CT molecular complexity index is 870. The Labute approximate surface area is 233 Å². The van der Waals surface area contributed by atoms with E-state index in [9.17, 15) is 4.79 Å². The first-order valence-corrected chi connectivity index (χ1v) is 13.9. The molecule has 0 aliphatic carbocycles. The summed E-state index contributed by atoms with van der Waals surface area (Å²) in [4.78, 5) is 12.0. The highest BCUT2D eigenvalue weighted by molar-refractivity contribution is 5.87. The van der Waals surface area contributed by atoms with E-state index in [4.69, 9.17) is 35.2 Å². The van der Waals surface area contributed by atoms with E-state index in [1.165, 1.54) is 0 Å². The van der Waals surface area contributed by atoms with Gasteiger partial charge in [-0.1, -0.05) is 19.4 Å². The largest absolute Gasteiger partial charge is 0.494 e. The Morgan fingerprint density at radius 2 is 1.05 bits per heavy atom. The van der Waals surface area contributed by atoms with Crippen LogP contribution in [0.15, 0.2) is 60.7 Å². The van der Waals surface area contributed by atoms with Gasteiger partial charge in [0, 0.05) is 30.2 Å². The smallest absolute Gasteiger partial charge is 0.333 e. The van der Waals surface area contributed by atoms with Crippen LogP contribution in [-0.4, -0.2) is 51.7 Å². The standard InChI is InChI=1S/C31H46N2O6/c1-25(2)31(34)39-30(23-35-19-7-3-5-9-21-37-28-15-11-26(32)12-16-28)24-36-20-8-4-6-10-22-38-29-17-13-27(33)14-18-29/h11-18,30H,1,3-10,19-24,32-33H2,2H3. The third-order valence-corrected chi connectivity index (χ3v) is 5.89. The van der Waals surface area contributed by atoms with Crippen LogP contribution in [0.3, 0.4) is 0 Å². The number of rotatable bonds is 22. The van der Waals surface area contributed by atoms with E-state index in [-0.39, 0.29) is 0 Å². The first-order valence-electron chi connectivity index (χ1n) is 13.9. The molecule has 8 nitrogen and oxygen atoms in total. The molecule has 0 bridgehead atoms. The highest BCUT2D eigenvalue weighted by atomic mass is 16.6. The number of esters is 1. The summed E-state index contributed by atoms with van der Waals surface area (Å²) in [5, 5.41) is 0. The molecule has 216 valence electrons. The molecular formula is C31H46N2O6. The third kappa shape index (κ3) is 15.7. The Morgan fingerprint density at radius 3 is 1.44 bits per heavy atom. The zero-order chi connectivity index (χ0) is 28.1. The van der Waals surface area contributed by atoms with Crippen LogP contribution >= 0.6 is 0 Å². The van der Waals surface area contributed by atoms with Crippen molar-refractivity contribution < 1.29 is 28.5 Å². The van der Waals surface area contributed by atoms with Crippen LogP contribution in [0.5, 0.6) is 11.5 Å².